The number of amides is 1. The predicted octanol–water partition coefficient (Wildman–Crippen LogP) is 17.5. The van der Waals surface area contributed by atoms with Crippen molar-refractivity contribution in [3.05, 3.63) is 72.9 Å². The first-order valence-electron chi connectivity index (χ1n) is 34.7. The van der Waals surface area contributed by atoms with Gasteiger partial charge in [0.05, 0.1) is 25.4 Å². The molecule has 0 saturated carbocycles. The predicted molar refractivity (Wildman–Crippen MR) is 347 cm³/mol. The Morgan fingerprint density at radius 1 is 0.470 bits per heavy atom. The van der Waals surface area contributed by atoms with Gasteiger partial charge in [0.2, 0.25) is 5.91 Å². The lowest BCUT2D eigenvalue weighted by Gasteiger charge is -2.41. The van der Waals surface area contributed by atoms with E-state index in [1.54, 1.807) is 6.08 Å². The van der Waals surface area contributed by atoms with Gasteiger partial charge in [-0.3, -0.25) is 9.59 Å². The Morgan fingerprint density at radius 3 is 1.27 bits per heavy atom. The largest absolute Gasteiger partial charge is 0.454 e. The van der Waals surface area contributed by atoms with Crippen LogP contribution in [-0.4, -0.2) is 99.6 Å². The average molecular weight is 1170 g/mol. The van der Waals surface area contributed by atoms with Gasteiger partial charge in [-0.05, 0) is 96.3 Å². The van der Waals surface area contributed by atoms with Crippen molar-refractivity contribution in [2.24, 2.45) is 0 Å². The number of rotatable bonds is 59. The second-order valence-corrected chi connectivity index (χ2v) is 23.9. The van der Waals surface area contributed by atoms with Gasteiger partial charge in [-0.25, -0.2) is 0 Å². The number of aliphatic hydroxyl groups excluding tert-OH is 5. The summed E-state index contributed by atoms with van der Waals surface area (Å²) in [6, 6.07) is -1.03. The molecule has 0 aromatic rings. The minimum atomic E-state index is -1.62. The van der Waals surface area contributed by atoms with E-state index in [4.69, 9.17) is 14.2 Å². The van der Waals surface area contributed by atoms with Crippen LogP contribution in [0, 0.1) is 0 Å². The SMILES string of the molecule is CCCCC/C=C\C/C=C\C/C=C\CCCCCCCCCCCC(O)C(=O)NC(COC1OC(CO)C(O)C(O)C1OC(=O)CCCCCCCCCCC/C=C\C/C=C\CCCCC)C(O)/C=C/CCCCCCCCCCCCC. The van der Waals surface area contributed by atoms with Gasteiger partial charge < -0.3 is 45.1 Å². The summed E-state index contributed by atoms with van der Waals surface area (Å²) in [5.74, 6) is -1.20. The van der Waals surface area contributed by atoms with Gasteiger partial charge in [-0.2, -0.15) is 0 Å². The third-order valence-electron chi connectivity index (χ3n) is 16.1. The molecule has 1 aliphatic rings. The highest BCUT2D eigenvalue weighted by Crippen LogP contribution is 2.26. The van der Waals surface area contributed by atoms with Crippen LogP contribution < -0.4 is 5.32 Å². The molecule has 1 amide bonds. The standard InChI is InChI=1S/C72H129NO10/c1-4-7-10-13-16-19-22-25-27-29-31-32-33-35-36-38-41-44-47-50-53-56-59-65(76)71(80)73-63(64(75)58-55-52-49-46-43-40-24-21-18-15-12-9-6-3)62-81-72-70(69(79)68(78)66(61-74)82-72)83-67(77)60-57-54-51-48-45-42-39-37-34-30-28-26-23-20-17-14-11-8-5-2/h16-17,19-20,25-28,31-32,55,58,63-66,68-70,72,74-76,78-79H,4-15,18,21-24,29-30,33-54,56-57,59-62H2,1-3H3,(H,73,80)/b19-16-,20-17-,27-25-,28-26-,32-31-,58-55+. The van der Waals surface area contributed by atoms with Crippen molar-refractivity contribution in [3.8, 4) is 0 Å². The number of nitrogens with one attached hydrogen (secondary N) is 1. The Labute approximate surface area is 509 Å². The lowest BCUT2D eigenvalue weighted by Crippen LogP contribution is -2.61. The summed E-state index contributed by atoms with van der Waals surface area (Å²) in [6.45, 7) is 5.76. The van der Waals surface area contributed by atoms with Crippen LogP contribution in [-0.2, 0) is 23.8 Å². The smallest absolute Gasteiger partial charge is 0.306 e. The number of ether oxygens (including phenoxy) is 3. The summed E-state index contributed by atoms with van der Waals surface area (Å²) in [4.78, 5) is 26.7. The summed E-state index contributed by atoms with van der Waals surface area (Å²) in [5, 5.41) is 57.2. The molecule has 1 fully saturated rings. The minimum absolute atomic E-state index is 0.117. The lowest BCUT2D eigenvalue weighted by atomic mass is 9.99. The van der Waals surface area contributed by atoms with Crippen molar-refractivity contribution < 1.29 is 49.3 Å². The van der Waals surface area contributed by atoms with E-state index >= 15 is 0 Å². The highest BCUT2D eigenvalue weighted by atomic mass is 16.7. The molecule has 83 heavy (non-hydrogen) atoms. The molecule has 482 valence electrons. The van der Waals surface area contributed by atoms with Gasteiger partial charge in [0, 0.05) is 6.42 Å². The van der Waals surface area contributed by atoms with Gasteiger partial charge in [0.15, 0.2) is 12.4 Å². The molecule has 0 spiro atoms. The minimum Gasteiger partial charge on any atom is -0.454 e. The Kier molecular flexibility index (Phi) is 55.9. The van der Waals surface area contributed by atoms with E-state index in [2.05, 4.69) is 86.8 Å². The summed E-state index contributed by atoms with van der Waals surface area (Å²) in [5.41, 5.74) is 0. The van der Waals surface area contributed by atoms with Gasteiger partial charge in [-0.15, -0.1) is 0 Å². The Morgan fingerprint density at radius 2 is 0.831 bits per heavy atom. The van der Waals surface area contributed by atoms with Gasteiger partial charge in [0.25, 0.3) is 0 Å². The number of hydrogen-bond donors (Lipinski definition) is 6. The van der Waals surface area contributed by atoms with Crippen LogP contribution in [0.2, 0.25) is 0 Å². The molecule has 1 rings (SSSR count). The molecule has 1 heterocycles. The zero-order chi connectivity index (χ0) is 60.3. The first-order valence-corrected chi connectivity index (χ1v) is 34.7. The van der Waals surface area contributed by atoms with Crippen molar-refractivity contribution in [3.63, 3.8) is 0 Å². The Hall–Kier alpha value is -2.90. The molecular formula is C72H129NO10. The number of carbonyl (C=O) groups is 2. The highest BCUT2D eigenvalue weighted by molar-refractivity contribution is 5.80. The molecule has 0 aromatic carbocycles. The Bertz CT molecular complexity index is 1630. The van der Waals surface area contributed by atoms with Crippen molar-refractivity contribution in [1.29, 1.82) is 0 Å². The average Bonchev–Trinajstić information content (AvgIpc) is 3.54. The van der Waals surface area contributed by atoms with Crippen LogP contribution in [0.25, 0.3) is 0 Å². The topological polar surface area (TPSA) is 175 Å². The van der Waals surface area contributed by atoms with E-state index in [0.29, 0.717) is 12.8 Å². The van der Waals surface area contributed by atoms with Crippen LogP contribution in [0.1, 0.15) is 310 Å². The van der Waals surface area contributed by atoms with E-state index in [9.17, 15) is 35.1 Å². The van der Waals surface area contributed by atoms with Crippen LogP contribution in [0.3, 0.4) is 0 Å². The first-order chi connectivity index (χ1) is 40.7. The van der Waals surface area contributed by atoms with Gasteiger partial charge in [0.1, 0.15) is 24.4 Å². The molecule has 0 aromatic heterocycles. The van der Waals surface area contributed by atoms with Crippen molar-refractivity contribution in [1.82, 2.24) is 5.32 Å². The maximum absolute atomic E-state index is 13.5. The molecule has 6 N–H and O–H groups in total. The van der Waals surface area contributed by atoms with E-state index in [0.717, 1.165) is 89.9 Å². The maximum Gasteiger partial charge on any atom is 0.306 e. The third-order valence-corrected chi connectivity index (χ3v) is 16.1. The molecule has 1 saturated heterocycles. The summed E-state index contributed by atoms with van der Waals surface area (Å²) < 4.78 is 17.7. The van der Waals surface area contributed by atoms with Crippen LogP contribution in [0.15, 0.2) is 72.9 Å². The molecule has 1 aliphatic heterocycles. The number of aliphatic hydroxyl groups is 5. The zero-order valence-corrected chi connectivity index (χ0v) is 53.6. The number of hydrogen-bond acceptors (Lipinski definition) is 10. The van der Waals surface area contributed by atoms with Gasteiger partial charge >= 0.3 is 5.97 Å². The molecular weight excluding hydrogens is 1040 g/mol. The quantitative estimate of drug-likeness (QED) is 0.0195. The maximum atomic E-state index is 13.5. The molecule has 0 aliphatic carbocycles. The van der Waals surface area contributed by atoms with E-state index < -0.39 is 67.4 Å². The summed E-state index contributed by atoms with van der Waals surface area (Å²) in [6.07, 6.45) is 66.4. The zero-order valence-electron chi connectivity index (χ0n) is 53.6. The van der Waals surface area contributed by atoms with E-state index in [1.165, 1.54) is 173 Å². The second-order valence-electron chi connectivity index (χ2n) is 23.9. The van der Waals surface area contributed by atoms with Crippen LogP contribution in [0.4, 0.5) is 0 Å². The van der Waals surface area contributed by atoms with E-state index in [-0.39, 0.29) is 19.4 Å². The van der Waals surface area contributed by atoms with Crippen LogP contribution in [0.5, 0.6) is 0 Å². The fourth-order valence-corrected chi connectivity index (χ4v) is 10.6. The Balaban J connectivity index is 2.63. The number of allylic oxidation sites excluding steroid dienone is 11. The number of esters is 1. The van der Waals surface area contributed by atoms with Crippen molar-refractivity contribution >= 4 is 11.9 Å². The summed E-state index contributed by atoms with van der Waals surface area (Å²) >= 11 is 0. The summed E-state index contributed by atoms with van der Waals surface area (Å²) in [7, 11) is 0. The first kappa shape index (κ1) is 78.1. The monoisotopic (exact) mass is 1170 g/mol. The van der Waals surface area contributed by atoms with Crippen molar-refractivity contribution in [2.75, 3.05) is 13.2 Å². The fraction of sp³-hybridized carbons (Fsp3) is 0.806. The number of unbranched alkanes of at least 4 members (excludes halogenated alkanes) is 35. The van der Waals surface area contributed by atoms with Crippen molar-refractivity contribution in [2.45, 2.75) is 359 Å². The lowest BCUT2D eigenvalue weighted by molar-refractivity contribution is -0.305. The molecule has 0 radical (unpaired) electrons. The number of carbonyl (C=O) groups excluding carboxylic acids is 2. The molecule has 11 heteroatoms. The third kappa shape index (κ3) is 46.9. The van der Waals surface area contributed by atoms with Crippen LogP contribution >= 0.6 is 0 Å². The van der Waals surface area contributed by atoms with Gasteiger partial charge in [-0.1, -0.05) is 280 Å². The molecule has 8 unspecified atom stereocenters. The van der Waals surface area contributed by atoms with E-state index in [1.807, 2.05) is 6.08 Å². The molecule has 11 nitrogen and oxygen atoms in total. The fourth-order valence-electron chi connectivity index (χ4n) is 10.6. The highest BCUT2D eigenvalue weighted by Gasteiger charge is 2.47. The second kappa shape index (κ2) is 59.4. The molecule has 8 atom stereocenters. The normalized spacial score (nSPS) is 19.0. The molecule has 0 bridgehead atoms.